The minimum absolute atomic E-state index is 0.0437. The molecule has 0 bridgehead atoms. The summed E-state index contributed by atoms with van der Waals surface area (Å²) >= 11 is 6.20. The number of nitrogens with zero attached hydrogens (tertiary/aromatic N) is 2. The number of carbonyl (C=O) groups is 1. The third kappa shape index (κ3) is 3.77. The molecule has 0 saturated carbocycles. The number of piperazine rings is 1. The molecule has 1 N–H and O–H groups in total. The first-order valence-corrected chi connectivity index (χ1v) is 8.13. The first-order chi connectivity index (χ1) is 11.1. The highest BCUT2D eigenvalue weighted by atomic mass is 35.5. The van der Waals surface area contributed by atoms with Gasteiger partial charge in [0, 0.05) is 42.6 Å². The summed E-state index contributed by atoms with van der Waals surface area (Å²) in [6.07, 6.45) is 0. The number of carbonyl (C=O) groups excluding carboxylic acids is 1. The van der Waals surface area contributed by atoms with Crippen LogP contribution in [0.15, 0.2) is 48.5 Å². The smallest absolute Gasteiger partial charge is 0.321 e. The molecule has 0 aromatic heterocycles. The molecule has 1 fully saturated rings. The standard InChI is InChI=1S/C18H20ClN3O/c1-14-7-8-16(13-17(14)19)21-9-11-22(12-10-21)18(23)20-15-5-3-2-4-6-15/h2-8,13H,9-12H2,1H3,(H,20,23). The van der Waals surface area contributed by atoms with Gasteiger partial charge in [-0.3, -0.25) is 0 Å². The van der Waals surface area contributed by atoms with E-state index in [1.807, 2.05) is 54.3 Å². The fourth-order valence-electron chi connectivity index (χ4n) is 2.67. The van der Waals surface area contributed by atoms with E-state index in [2.05, 4.69) is 16.3 Å². The van der Waals surface area contributed by atoms with Crippen LogP contribution in [0, 0.1) is 6.92 Å². The number of aryl methyl sites for hydroxylation is 1. The van der Waals surface area contributed by atoms with Gasteiger partial charge in [0.25, 0.3) is 0 Å². The molecule has 4 nitrogen and oxygen atoms in total. The van der Waals surface area contributed by atoms with Crippen molar-refractivity contribution >= 4 is 29.0 Å². The normalized spacial score (nSPS) is 14.7. The second-order valence-electron chi connectivity index (χ2n) is 5.70. The summed E-state index contributed by atoms with van der Waals surface area (Å²) < 4.78 is 0. The number of urea groups is 1. The lowest BCUT2D eigenvalue weighted by Crippen LogP contribution is -2.50. The van der Waals surface area contributed by atoms with E-state index in [4.69, 9.17) is 11.6 Å². The Morgan fingerprint density at radius 3 is 2.39 bits per heavy atom. The molecule has 120 valence electrons. The molecule has 1 saturated heterocycles. The Morgan fingerprint density at radius 2 is 1.74 bits per heavy atom. The molecule has 2 aromatic carbocycles. The molecule has 2 aromatic rings. The molecule has 23 heavy (non-hydrogen) atoms. The lowest BCUT2D eigenvalue weighted by Gasteiger charge is -2.36. The molecule has 2 amide bonds. The van der Waals surface area contributed by atoms with Crippen LogP contribution in [-0.4, -0.2) is 37.1 Å². The van der Waals surface area contributed by atoms with Gasteiger partial charge >= 0.3 is 6.03 Å². The first-order valence-electron chi connectivity index (χ1n) is 7.75. The van der Waals surface area contributed by atoms with Crippen LogP contribution in [0.25, 0.3) is 0 Å². The highest BCUT2D eigenvalue weighted by molar-refractivity contribution is 6.31. The Kier molecular flexibility index (Phi) is 4.72. The van der Waals surface area contributed by atoms with Gasteiger partial charge in [-0.25, -0.2) is 4.79 Å². The van der Waals surface area contributed by atoms with Crippen LogP contribution in [-0.2, 0) is 0 Å². The number of hydrogen-bond acceptors (Lipinski definition) is 2. The Balaban J connectivity index is 1.57. The van der Waals surface area contributed by atoms with Crippen LogP contribution in [0.3, 0.4) is 0 Å². The minimum Gasteiger partial charge on any atom is -0.368 e. The second kappa shape index (κ2) is 6.92. The predicted molar refractivity (Wildman–Crippen MR) is 95.4 cm³/mol. The number of halogens is 1. The zero-order chi connectivity index (χ0) is 16.2. The van der Waals surface area contributed by atoms with Crippen molar-refractivity contribution in [2.75, 3.05) is 36.4 Å². The van der Waals surface area contributed by atoms with Crippen molar-refractivity contribution < 1.29 is 4.79 Å². The zero-order valence-corrected chi connectivity index (χ0v) is 13.9. The lowest BCUT2D eigenvalue weighted by molar-refractivity contribution is 0.208. The summed E-state index contributed by atoms with van der Waals surface area (Å²) in [6.45, 7) is 5.01. The fraction of sp³-hybridized carbons (Fsp3) is 0.278. The van der Waals surface area contributed by atoms with Crippen molar-refractivity contribution in [3.05, 3.63) is 59.1 Å². The van der Waals surface area contributed by atoms with Crippen molar-refractivity contribution in [2.45, 2.75) is 6.92 Å². The monoisotopic (exact) mass is 329 g/mol. The molecular weight excluding hydrogens is 310 g/mol. The summed E-state index contributed by atoms with van der Waals surface area (Å²) in [7, 11) is 0. The van der Waals surface area contributed by atoms with Crippen LogP contribution in [0.5, 0.6) is 0 Å². The SMILES string of the molecule is Cc1ccc(N2CCN(C(=O)Nc3ccccc3)CC2)cc1Cl. The number of rotatable bonds is 2. The van der Waals surface area contributed by atoms with E-state index in [1.54, 1.807) is 0 Å². The van der Waals surface area contributed by atoms with Crippen molar-refractivity contribution in [3.63, 3.8) is 0 Å². The number of anilines is 2. The number of nitrogens with one attached hydrogen (secondary N) is 1. The highest BCUT2D eigenvalue weighted by Gasteiger charge is 2.21. The van der Waals surface area contributed by atoms with Crippen LogP contribution < -0.4 is 10.2 Å². The molecule has 1 aliphatic rings. The second-order valence-corrected chi connectivity index (χ2v) is 6.11. The van der Waals surface area contributed by atoms with Gasteiger partial charge in [-0.05, 0) is 36.8 Å². The number of para-hydroxylation sites is 1. The van der Waals surface area contributed by atoms with Gasteiger partial charge in [-0.2, -0.15) is 0 Å². The van der Waals surface area contributed by atoms with Crippen molar-refractivity contribution in [1.82, 2.24) is 4.90 Å². The topological polar surface area (TPSA) is 35.6 Å². The van der Waals surface area contributed by atoms with E-state index in [9.17, 15) is 4.79 Å². The molecule has 1 heterocycles. The molecule has 0 aliphatic carbocycles. The van der Waals surface area contributed by atoms with Crippen LogP contribution in [0.4, 0.5) is 16.2 Å². The van der Waals surface area contributed by atoms with Gasteiger partial charge in [0.15, 0.2) is 0 Å². The molecule has 0 unspecified atom stereocenters. The molecule has 3 rings (SSSR count). The summed E-state index contributed by atoms with van der Waals surface area (Å²) in [5.74, 6) is 0. The third-order valence-corrected chi connectivity index (χ3v) is 4.52. The fourth-order valence-corrected chi connectivity index (χ4v) is 2.85. The van der Waals surface area contributed by atoms with E-state index in [0.29, 0.717) is 13.1 Å². The highest BCUT2D eigenvalue weighted by Crippen LogP contribution is 2.24. The van der Waals surface area contributed by atoms with Crippen LogP contribution >= 0.6 is 11.6 Å². The Hall–Kier alpha value is -2.20. The summed E-state index contributed by atoms with van der Waals surface area (Å²) in [5.41, 5.74) is 3.02. The summed E-state index contributed by atoms with van der Waals surface area (Å²) in [6, 6.07) is 15.6. The quantitative estimate of drug-likeness (QED) is 0.903. The van der Waals surface area contributed by atoms with Gasteiger partial charge in [0.2, 0.25) is 0 Å². The van der Waals surface area contributed by atoms with Crippen LogP contribution in [0.1, 0.15) is 5.56 Å². The number of amides is 2. The van der Waals surface area contributed by atoms with E-state index in [1.165, 1.54) is 0 Å². The Morgan fingerprint density at radius 1 is 1.04 bits per heavy atom. The van der Waals surface area contributed by atoms with Gasteiger partial charge in [-0.15, -0.1) is 0 Å². The van der Waals surface area contributed by atoms with Gasteiger partial charge < -0.3 is 15.1 Å². The summed E-state index contributed by atoms with van der Waals surface area (Å²) in [5, 5.41) is 3.71. The van der Waals surface area contributed by atoms with Crippen molar-refractivity contribution in [2.24, 2.45) is 0 Å². The third-order valence-electron chi connectivity index (χ3n) is 4.11. The minimum atomic E-state index is -0.0437. The van der Waals surface area contributed by atoms with Crippen LogP contribution in [0.2, 0.25) is 5.02 Å². The molecule has 0 spiro atoms. The molecule has 0 atom stereocenters. The zero-order valence-electron chi connectivity index (χ0n) is 13.1. The Labute approximate surface area is 141 Å². The van der Waals surface area contributed by atoms with E-state index in [0.717, 1.165) is 35.1 Å². The number of hydrogen-bond donors (Lipinski definition) is 1. The maximum atomic E-state index is 12.3. The molecular formula is C18H20ClN3O. The van der Waals surface area contributed by atoms with Crippen molar-refractivity contribution in [1.29, 1.82) is 0 Å². The van der Waals surface area contributed by atoms with E-state index >= 15 is 0 Å². The number of benzene rings is 2. The largest absolute Gasteiger partial charge is 0.368 e. The lowest BCUT2D eigenvalue weighted by atomic mass is 10.2. The van der Waals surface area contributed by atoms with Gasteiger partial charge in [0.1, 0.15) is 0 Å². The average Bonchev–Trinajstić information content (AvgIpc) is 2.58. The van der Waals surface area contributed by atoms with Gasteiger partial charge in [-0.1, -0.05) is 35.9 Å². The van der Waals surface area contributed by atoms with Crippen molar-refractivity contribution in [3.8, 4) is 0 Å². The summed E-state index contributed by atoms with van der Waals surface area (Å²) in [4.78, 5) is 16.4. The van der Waals surface area contributed by atoms with E-state index < -0.39 is 0 Å². The first kappa shape index (κ1) is 15.7. The van der Waals surface area contributed by atoms with E-state index in [-0.39, 0.29) is 6.03 Å². The average molecular weight is 330 g/mol. The molecule has 5 heteroatoms. The molecule has 0 radical (unpaired) electrons. The maximum absolute atomic E-state index is 12.3. The van der Waals surface area contributed by atoms with Gasteiger partial charge in [0.05, 0.1) is 0 Å². The predicted octanol–water partition coefficient (Wildman–Crippen LogP) is 4.00. The molecule has 1 aliphatic heterocycles. The Bertz CT molecular complexity index is 682. The maximum Gasteiger partial charge on any atom is 0.321 e.